The van der Waals surface area contributed by atoms with E-state index in [1.807, 2.05) is 0 Å². The number of hydrogen-bond acceptors (Lipinski definition) is 4. The van der Waals surface area contributed by atoms with E-state index in [0.29, 0.717) is 13.0 Å². The summed E-state index contributed by atoms with van der Waals surface area (Å²) < 4.78 is 29.7. The van der Waals surface area contributed by atoms with Crippen LogP contribution in [0.15, 0.2) is 12.7 Å². The van der Waals surface area contributed by atoms with E-state index in [0.717, 1.165) is 0 Å². The number of allylic oxidation sites excluding steroid dienone is 1. The van der Waals surface area contributed by atoms with Crippen LogP contribution in [0.4, 0.5) is 0 Å². The van der Waals surface area contributed by atoms with Crippen LogP contribution in [0.5, 0.6) is 0 Å². The molecule has 0 aliphatic rings. The fourth-order valence-corrected chi connectivity index (χ4v) is 1.68. The molecule has 0 atom stereocenters. The predicted molar refractivity (Wildman–Crippen MR) is 63.8 cm³/mol. The molecule has 0 heterocycles. The van der Waals surface area contributed by atoms with Crippen molar-refractivity contribution in [1.29, 1.82) is 0 Å². The lowest BCUT2D eigenvalue weighted by Gasteiger charge is -2.26. The summed E-state index contributed by atoms with van der Waals surface area (Å²) in [6, 6.07) is 0. The molecule has 0 rings (SSSR count). The lowest BCUT2D eigenvalue weighted by molar-refractivity contribution is -1.08. The van der Waals surface area contributed by atoms with Gasteiger partial charge in [0.2, 0.25) is 0 Å². The van der Waals surface area contributed by atoms with Gasteiger partial charge in [-0.1, -0.05) is 6.58 Å². The number of carbonyl (C=O) groups excluding carboxylic acids is 1. The van der Waals surface area contributed by atoms with Gasteiger partial charge >= 0.3 is 0 Å². The molecule has 7 heteroatoms. The highest BCUT2D eigenvalue weighted by Gasteiger charge is 2.18. The molecule has 0 radical (unpaired) electrons. The minimum atomic E-state index is -3.92. The van der Waals surface area contributed by atoms with Crippen LogP contribution in [0, 0.1) is 0 Å². The molecule has 0 unspecified atom stereocenters. The molecular weight excluding hydrogens is 246 g/mol. The van der Waals surface area contributed by atoms with Crippen molar-refractivity contribution in [2.45, 2.75) is 12.8 Å². The van der Waals surface area contributed by atoms with Crippen LogP contribution < -0.4 is 0 Å². The highest BCUT2D eigenvalue weighted by atomic mass is 32.2. The zero-order valence-electron chi connectivity index (χ0n) is 10.3. The lowest BCUT2D eigenvalue weighted by Crippen LogP contribution is -2.41. The molecule has 0 aliphatic heterocycles. The van der Waals surface area contributed by atoms with Crippen LogP contribution in [0.2, 0.25) is 0 Å². The van der Waals surface area contributed by atoms with Gasteiger partial charge in [-0.2, -0.15) is 13.1 Å². The van der Waals surface area contributed by atoms with Crippen LogP contribution >= 0.6 is 0 Å². The third kappa shape index (κ3) is 10.1. The second-order valence-corrected chi connectivity index (χ2v) is 5.76. The predicted octanol–water partition coefficient (Wildman–Crippen LogP) is 0.417. The Labute approximate surface area is 102 Å². The molecule has 0 aromatic heterocycles. The van der Waals surface area contributed by atoms with Crippen molar-refractivity contribution in [2.75, 3.05) is 33.0 Å². The van der Waals surface area contributed by atoms with Gasteiger partial charge in [0.1, 0.15) is 13.2 Å². The van der Waals surface area contributed by atoms with Crippen molar-refractivity contribution >= 4 is 15.9 Å². The number of nitrogens with zero attached hydrogens (tertiary/aromatic N) is 1. The quantitative estimate of drug-likeness (QED) is 0.283. The van der Waals surface area contributed by atoms with Gasteiger partial charge in [0, 0.05) is 12.8 Å². The van der Waals surface area contributed by atoms with E-state index in [-0.39, 0.29) is 29.2 Å². The Morgan fingerprint density at radius 2 is 2.06 bits per heavy atom. The molecule has 0 aromatic rings. The van der Waals surface area contributed by atoms with Gasteiger partial charge in [-0.25, -0.2) is 4.84 Å². The Hall–Kier alpha value is -0.760. The molecule has 1 N–H and O–H groups in total. The maximum atomic E-state index is 10.9. The highest BCUT2D eigenvalue weighted by molar-refractivity contribution is 7.85. The summed E-state index contributed by atoms with van der Waals surface area (Å²) in [4.78, 5) is 16.3. The van der Waals surface area contributed by atoms with E-state index >= 15 is 0 Å². The first-order valence-electron chi connectivity index (χ1n) is 5.24. The molecule has 6 nitrogen and oxygen atoms in total. The normalized spacial score (nSPS) is 12.4. The second kappa shape index (κ2) is 6.85. The smallest absolute Gasteiger partial charge is 0.265 e. The van der Waals surface area contributed by atoms with E-state index in [1.165, 1.54) is 6.08 Å². The van der Waals surface area contributed by atoms with Crippen LogP contribution in [0.25, 0.3) is 0 Å². The molecule has 17 heavy (non-hydrogen) atoms. The Bertz CT molecular complexity index is 361. The maximum Gasteiger partial charge on any atom is 0.265 e. The van der Waals surface area contributed by atoms with E-state index in [9.17, 15) is 13.2 Å². The van der Waals surface area contributed by atoms with Gasteiger partial charge < -0.3 is 0 Å². The van der Waals surface area contributed by atoms with Crippen molar-refractivity contribution in [3.8, 4) is 0 Å². The number of ketones is 1. The van der Waals surface area contributed by atoms with Gasteiger partial charge in [-0.3, -0.25) is 9.35 Å². The summed E-state index contributed by atoms with van der Waals surface area (Å²) in [7, 11) is -0.413. The largest absolute Gasteiger partial charge is 0.295 e. The summed E-state index contributed by atoms with van der Waals surface area (Å²) in [6.45, 7) is 4.03. The van der Waals surface area contributed by atoms with Crippen LogP contribution in [0.3, 0.4) is 0 Å². The van der Waals surface area contributed by atoms with Gasteiger partial charge in [-0.05, 0) is 6.08 Å². The second-order valence-electron chi connectivity index (χ2n) is 4.19. The van der Waals surface area contributed by atoms with E-state index < -0.39 is 10.1 Å². The van der Waals surface area contributed by atoms with Gasteiger partial charge in [0.15, 0.2) is 5.78 Å². The average Bonchev–Trinajstić information content (AvgIpc) is 2.14. The van der Waals surface area contributed by atoms with Gasteiger partial charge in [-0.15, -0.1) is 0 Å². The molecule has 0 saturated heterocycles. The Morgan fingerprint density at radius 3 is 2.53 bits per heavy atom. The molecule has 0 saturated carbocycles. The molecule has 0 amide bonds. The van der Waals surface area contributed by atoms with E-state index in [2.05, 4.69) is 6.58 Å². The summed E-state index contributed by atoms with van der Waals surface area (Å²) in [6.07, 6.45) is 1.78. The fraction of sp³-hybridized carbons (Fsp3) is 0.700. The summed E-state index contributed by atoms with van der Waals surface area (Å²) in [5.74, 6) is -0.383. The molecule has 0 aliphatic carbocycles. The molecule has 0 bridgehead atoms. The summed E-state index contributed by atoms with van der Waals surface area (Å²) >= 11 is 0. The standard InChI is InChI=1S/C10H19NO5S/c1-4-10(12)6-8-16-11(2,3)7-5-9-17(13,14)15/h4H,1,5-9H2,2-3H3/p+1. The van der Waals surface area contributed by atoms with Crippen molar-refractivity contribution in [2.24, 2.45) is 0 Å². The Kier molecular flexibility index (Phi) is 6.54. The molecule has 0 spiro atoms. The van der Waals surface area contributed by atoms with Gasteiger partial charge in [0.25, 0.3) is 10.1 Å². The number of carbonyl (C=O) groups is 1. The summed E-state index contributed by atoms with van der Waals surface area (Å²) in [5.41, 5.74) is 0. The Balaban J connectivity index is 3.87. The van der Waals surface area contributed by atoms with Crippen LogP contribution in [-0.4, -0.2) is 56.4 Å². The zero-order valence-corrected chi connectivity index (χ0v) is 11.1. The molecule has 0 aromatic carbocycles. The number of quaternary nitrogens is 1. The Morgan fingerprint density at radius 1 is 1.47 bits per heavy atom. The average molecular weight is 266 g/mol. The number of hydroxylamine groups is 3. The highest BCUT2D eigenvalue weighted by Crippen LogP contribution is 2.03. The molecule has 100 valence electrons. The minimum absolute atomic E-state index is 0.0945. The van der Waals surface area contributed by atoms with E-state index in [1.54, 1.807) is 14.1 Å². The first kappa shape index (κ1) is 16.2. The monoisotopic (exact) mass is 266 g/mol. The summed E-state index contributed by atoms with van der Waals surface area (Å²) in [5, 5.41) is 0. The van der Waals surface area contributed by atoms with Crippen molar-refractivity contribution in [1.82, 2.24) is 0 Å². The third-order valence-corrected chi connectivity index (χ3v) is 2.92. The van der Waals surface area contributed by atoms with Crippen LogP contribution in [0.1, 0.15) is 12.8 Å². The topological polar surface area (TPSA) is 80.7 Å². The first-order valence-corrected chi connectivity index (χ1v) is 6.85. The maximum absolute atomic E-state index is 10.9. The lowest BCUT2D eigenvalue weighted by atomic mass is 10.3. The van der Waals surface area contributed by atoms with Gasteiger partial charge in [0.05, 0.1) is 19.8 Å². The molecule has 0 fully saturated rings. The molecular formula is C10H20NO5S+. The van der Waals surface area contributed by atoms with Crippen molar-refractivity contribution in [3.63, 3.8) is 0 Å². The van der Waals surface area contributed by atoms with Crippen molar-refractivity contribution < 1.29 is 27.2 Å². The zero-order chi connectivity index (χ0) is 13.5. The van der Waals surface area contributed by atoms with Crippen LogP contribution in [-0.2, 0) is 19.8 Å². The minimum Gasteiger partial charge on any atom is -0.295 e. The SMILES string of the molecule is C=CC(=O)CCO[N+](C)(C)CCCS(=O)(=O)O. The first-order chi connectivity index (χ1) is 7.66. The fourth-order valence-electron chi connectivity index (χ4n) is 1.19. The number of hydrogen-bond donors (Lipinski definition) is 1. The van der Waals surface area contributed by atoms with E-state index in [4.69, 9.17) is 9.39 Å². The van der Waals surface area contributed by atoms with Crippen molar-refractivity contribution in [3.05, 3.63) is 12.7 Å². The third-order valence-electron chi connectivity index (χ3n) is 2.12. The number of rotatable bonds is 9.